The van der Waals surface area contributed by atoms with E-state index in [1.165, 1.54) is 0 Å². The van der Waals surface area contributed by atoms with Crippen molar-refractivity contribution in [1.82, 2.24) is 9.78 Å². The van der Waals surface area contributed by atoms with Gasteiger partial charge in [0.05, 0.1) is 21.5 Å². The number of hydrogen-bond acceptors (Lipinski definition) is 3. The zero-order valence-electron chi connectivity index (χ0n) is 12.2. The molecule has 0 saturated heterocycles. The Hall–Kier alpha value is -1.49. The molecule has 1 aromatic heterocycles. The minimum absolute atomic E-state index is 0.258. The van der Waals surface area contributed by atoms with Crippen LogP contribution in [0.2, 0.25) is 0 Å². The van der Waals surface area contributed by atoms with Crippen LogP contribution in [0.3, 0.4) is 0 Å². The summed E-state index contributed by atoms with van der Waals surface area (Å²) in [6, 6.07) is 5.87. The molecule has 20 heavy (non-hydrogen) atoms. The van der Waals surface area contributed by atoms with Gasteiger partial charge in [0, 0.05) is 12.6 Å². The lowest BCUT2D eigenvalue weighted by atomic mass is 10.2. The number of hydrogen-bond donors (Lipinski definition) is 2. The third-order valence-corrected chi connectivity index (χ3v) is 3.93. The molecule has 0 radical (unpaired) electrons. The summed E-state index contributed by atoms with van der Waals surface area (Å²) >= 11 is 3.33. The first-order valence-corrected chi connectivity index (χ1v) is 7.46. The fraction of sp³-hybridized carbons (Fsp3) is 0.400. The molecule has 2 aromatic rings. The summed E-state index contributed by atoms with van der Waals surface area (Å²) in [6.07, 6.45) is 0. The van der Waals surface area contributed by atoms with Gasteiger partial charge in [-0.2, -0.15) is 5.10 Å². The van der Waals surface area contributed by atoms with Gasteiger partial charge >= 0.3 is 0 Å². The largest absolute Gasteiger partial charge is 0.507 e. The minimum atomic E-state index is 0.258. The van der Waals surface area contributed by atoms with E-state index in [-0.39, 0.29) is 5.75 Å². The first-order chi connectivity index (χ1) is 9.40. The highest BCUT2D eigenvalue weighted by Crippen LogP contribution is 2.26. The Morgan fingerprint density at radius 3 is 2.60 bits per heavy atom. The molecule has 108 valence electrons. The van der Waals surface area contributed by atoms with Crippen molar-refractivity contribution in [2.45, 2.75) is 40.3 Å². The average molecular weight is 338 g/mol. The van der Waals surface area contributed by atoms with E-state index in [4.69, 9.17) is 0 Å². The number of halogens is 1. The highest BCUT2D eigenvalue weighted by molar-refractivity contribution is 9.10. The topological polar surface area (TPSA) is 50.1 Å². The minimum Gasteiger partial charge on any atom is -0.507 e. The summed E-state index contributed by atoms with van der Waals surface area (Å²) in [7, 11) is 0. The predicted octanol–water partition coefficient (Wildman–Crippen LogP) is 4.16. The van der Waals surface area contributed by atoms with Crippen molar-refractivity contribution in [3.63, 3.8) is 0 Å². The van der Waals surface area contributed by atoms with Crippen molar-refractivity contribution in [3.8, 4) is 5.75 Å². The number of anilines is 1. The Morgan fingerprint density at radius 2 is 2.05 bits per heavy atom. The molecule has 2 rings (SSSR count). The first kappa shape index (κ1) is 14.9. The quantitative estimate of drug-likeness (QED) is 0.880. The maximum absolute atomic E-state index is 9.50. The molecule has 0 saturated carbocycles. The zero-order valence-corrected chi connectivity index (χ0v) is 13.8. The van der Waals surface area contributed by atoms with Gasteiger partial charge in [-0.25, -0.2) is 0 Å². The normalized spacial score (nSPS) is 11.1. The van der Waals surface area contributed by atoms with Crippen LogP contribution in [0.25, 0.3) is 0 Å². The van der Waals surface area contributed by atoms with E-state index in [1.54, 1.807) is 6.07 Å². The molecule has 0 aliphatic heterocycles. The van der Waals surface area contributed by atoms with Crippen LogP contribution in [0.15, 0.2) is 22.7 Å². The molecule has 4 nitrogen and oxygen atoms in total. The number of benzene rings is 1. The van der Waals surface area contributed by atoms with Crippen LogP contribution in [-0.2, 0) is 6.54 Å². The van der Waals surface area contributed by atoms with Crippen LogP contribution in [0.1, 0.15) is 36.8 Å². The number of phenolic OH excluding ortho intramolecular Hbond substituents is 1. The van der Waals surface area contributed by atoms with Crippen molar-refractivity contribution in [1.29, 1.82) is 0 Å². The van der Waals surface area contributed by atoms with Gasteiger partial charge in [-0.3, -0.25) is 4.68 Å². The average Bonchev–Trinajstić information content (AvgIpc) is 2.67. The molecular formula is C15H20BrN3O. The maximum Gasteiger partial charge on any atom is 0.129 e. The summed E-state index contributed by atoms with van der Waals surface area (Å²) in [5.74, 6) is 0.258. The predicted molar refractivity (Wildman–Crippen MR) is 85.2 cm³/mol. The molecule has 1 heterocycles. The fourth-order valence-electron chi connectivity index (χ4n) is 2.27. The van der Waals surface area contributed by atoms with Crippen LogP contribution in [0.5, 0.6) is 5.75 Å². The van der Waals surface area contributed by atoms with E-state index in [0.717, 1.165) is 22.6 Å². The van der Waals surface area contributed by atoms with Gasteiger partial charge in [0.25, 0.3) is 0 Å². The highest BCUT2D eigenvalue weighted by atomic mass is 79.9. The van der Waals surface area contributed by atoms with E-state index >= 15 is 0 Å². The molecule has 0 spiro atoms. The number of aryl methyl sites for hydroxylation is 1. The van der Waals surface area contributed by atoms with Crippen LogP contribution in [0.4, 0.5) is 5.69 Å². The summed E-state index contributed by atoms with van der Waals surface area (Å²) < 4.78 is 2.74. The molecule has 0 fully saturated rings. The second-order valence-electron chi connectivity index (χ2n) is 5.22. The van der Waals surface area contributed by atoms with Crippen LogP contribution >= 0.6 is 15.9 Å². The van der Waals surface area contributed by atoms with E-state index in [1.807, 2.05) is 23.7 Å². The van der Waals surface area contributed by atoms with Crippen LogP contribution in [0, 0.1) is 13.8 Å². The van der Waals surface area contributed by atoms with Crippen LogP contribution < -0.4 is 5.32 Å². The summed E-state index contributed by atoms with van der Waals surface area (Å²) in [5, 5.41) is 17.5. The molecule has 0 aliphatic carbocycles. The monoisotopic (exact) mass is 337 g/mol. The van der Waals surface area contributed by atoms with Crippen molar-refractivity contribution in [2.75, 3.05) is 5.32 Å². The number of nitrogens with one attached hydrogen (secondary N) is 1. The second kappa shape index (κ2) is 5.87. The van der Waals surface area contributed by atoms with Gasteiger partial charge in [0.2, 0.25) is 0 Å². The lowest BCUT2D eigenvalue weighted by Crippen LogP contribution is -2.06. The zero-order chi connectivity index (χ0) is 14.9. The number of aromatic hydroxyl groups is 1. The Kier molecular flexibility index (Phi) is 4.38. The van der Waals surface area contributed by atoms with Gasteiger partial charge in [-0.05, 0) is 61.3 Å². The number of rotatable bonds is 4. The maximum atomic E-state index is 9.50. The van der Waals surface area contributed by atoms with E-state index in [9.17, 15) is 5.11 Å². The highest BCUT2D eigenvalue weighted by Gasteiger charge is 2.13. The van der Waals surface area contributed by atoms with Crippen LogP contribution in [-0.4, -0.2) is 14.9 Å². The van der Waals surface area contributed by atoms with Gasteiger partial charge in [-0.15, -0.1) is 0 Å². The lowest BCUT2D eigenvalue weighted by molar-refractivity contribution is 0.471. The van der Waals surface area contributed by atoms with Crippen molar-refractivity contribution < 1.29 is 5.11 Å². The first-order valence-electron chi connectivity index (χ1n) is 6.67. The third kappa shape index (κ3) is 2.98. The molecule has 1 aromatic carbocycles. The molecule has 0 bridgehead atoms. The fourth-order valence-corrected chi connectivity index (χ4v) is 2.70. The molecule has 0 amide bonds. The van der Waals surface area contributed by atoms with Gasteiger partial charge in [-0.1, -0.05) is 6.07 Å². The smallest absolute Gasteiger partial charge is 0.129 e. The van der Waals surface area contributed by atoms with Gasteiger partial charge in [0.15, 0.2) is 0 Å². The molecule has 0 atom stereocenters. The van der Waals surface area contributed by atoms with Crippen molar-refractivity contribution >= 4 is 21.6 Å². The number of aromatic nitrogens is 2. The summed E-state index contributed by atoms with van der Waals surface area (Å²) in [5.41, 5.74) is 4.35. The summed E-state index contributed by atoms with van der Waals surface area (Å²) in [4.78, 5) is 0. The second-order valence-corrected chi connectivity index (χ2v) is 6.08. The molecule has 5 heteroatoms. The van der Waals surface area contributed by atoms with Crippen molar-refractivity contribution in [3.05, 3.63) is 39.6 Å². The third-order valence-electron chi connectivity index (χ3n) is 3.30. The SMILES string of the molecule is Cc1nn(C(C)C)c(C)c1NCc1ccc(O)c(Br)c1. The Bertz CT molecular complexity index is 620. The Morgan fingerprint density at radius 1 is 1.35 bits per heavy atom. The molecule has 0 aliphatic rings. The molecule has 0 unspecified atom stereocenters. The van der Waals surface area contributed by atoms with E-state index in [0.29, 0.717) is 17.1 Å². The van der Waals surface area contributed by atoms with E-state index in [2.05, 4.69) is 47.1 Å². The van der Waals surface area contributed by atoms with Gasteiger partial charge < -0.3 is 10.4 Å². The number of phenols is 1. The number of nitrogens with zero attached hydrogens (tertiary/aromatic N) is 2. The standard InChI is InChI=1S/C15H20BrN3O/c1-9(2)19-11(4)15(10(3)18-19)17-8-12-5-6-14(20)13(16)7-12/h5-7,9,17,20H,8H2,1-4H3. The summed E-state index contributed by atoms with van der Waals surface area (Å²) in [6.45, 7) is 9.04. The Labute approximate surface area is 127 Å². The van der Waals surface area contributed by atoms with Crippen molar-refractivity contribution in [2.24, 2.45) is 0 Å². The lowest BCUT2D eigenvalue weighted by Gasteiger charge is -2.10. The van der Waals surface area contributed by atoms with Gasteiger partial charge in [0.1, 0.15) is 5.75 Å². The molecule has 2 N–H and O–H groups in total. The Balaban J connectivity index is 2.16. The van der Waals surface area contributed by atoms with E-state index < -0.39 is 0 Å². The molecular weight excluding hydrogens is 318 g/mol.